The third-order valence-corrected chi connectivity index (χ3v) is 3.09. The van der Waals surface area contributed by atoms with Crippen molar-refractivity contribution in [2.45, 2.75) is 26.4 Å². The standard InChI is InChI=1S/C13H18NO4P/c1-11(2)10-17-19(16)18-13(8-9-14-15)12-6-4-3-5-7-12/h3-7,9,11,13H,8,10H2,1-2H3/p+1. The highest BCUT2D eigenvalue weighted by atomic mass is 31.1. The molecule has 0 amide bonds. The number of nitrogens with zero attached hydrogens (tertiary/aromatic N) is 1. The molecule has 104 valence electrons. The van der Waals surface area contributed by atoms with Gasteiger partial charge >= 0.3 is 8.25 Å². The molecule has 0 spiro atoms. The maximum absolute atomic E-state index is 11.7. The van der Waals surface area contributed by atoms with E-state index in [1.165, 1.54) is 6.21 Å². The molecule has 1 aromatic rings. The van der Waals surface area contributed by atoms with Gasteiger partial charge in [0.2, 0.25) is 0 Å². The van der Waals surface area contributed by atoms with E-state index in [4.69, 9.17) is 14.3 Å². The Bertz CT molecular complexity index is 408. The fourth-order valence-corrected chi connectivity index (χ4v) is 2.29. The second kappa shape index (κ2) is 8.75. The summed E-state index contributed by atoms with van der Waals surface area (Å²) >= 11 is 0. The largest absolute Gasteiger partial charge is 0.698 e. The molecule has 0 aliphatic heterocycles. The van der Waals surface area contributed by atoms with Crippen LogP contribution in [0.1, 0.15) is 31.9 Å². The highest BCUT2D eigenvalue weighted by Crippen LogP contribution is 2.35. The van der Waals surface area contributed by atoms with Crippen molar-refractivity contribution in [3.63, 3.8) is 0 Å². The van der Waals surface area contributed by atoms with Crippen LogP contribution in [0.25, 0.3) is 0 Å². The minimum absolute atomic E-state index is 0.289. The summed E-state index contributed by atoms with van der Waals surface area (Å²) in [6, 6.07) is 9.34. The van der Waals surface area contributed by atoms with Crippen LogP contribution in [0.3, 0.4) is 0 Å². The molecule has 6 heteroatoms. The van der Waals surface area contributed by atoms with Crippen molar-refractivity contribution in [3.05, 3.63) is 35.9 Å². The number of oxime groups is 1. The summed E-state index contributed by atoms with van der Waals surface area (Å²) in [5.74, 6) is 0.289. The highest BCUT2D eigenvalue weighted by Gasteiger charge is 2.28. The first-order chi connectivity index (χ1) is 9.13. The van der Waals surface area contributed by atoms with Crippen molar-refractivity contribution in [3.8, 4) is 0 Å². The maximum atomic E-state index is 11.7. The third-order valence-electron chi connectivity index (χ3n) is 2.30. The van der Waals surface area contributed by atoms with E-state index in [0.29, 0.717) is 13.0 Å². The van der Waals surface area contributed by atoms with E-state index < -0.39 is 14.4 Å². The fraction of sp³-hybridized carbons (Fsp3) is 0.462. The van der Waals surface area contributed by atoms with Gasteiger partial charge in [0, 0.05) is 17.2 Å². The Hall–Kier alpha value is -1.29. The van der Waals surface area contributed by atoms with Crippen LogP contribution < -0.4 is 0 Å². The molecule has 0 aromatic heterocycles. The zero-order valence-electron chi connectivity index (χ0n) is 11.1. The van der Waals surface area contributed by atoms with Crippen LogP contribution in [0.2, 0.25) is 0 Å². The number of rotatable bonds is 8. The third kappa shape index (κ3) is 6.43. The molecule has 2 atom stereocenters. The minimum Gasteiger partial charge on any atom is -0.411 e. The molecule has 0 fully saturated rings. The van der Waals surface area contributed by atoms with E-state index in [1.807, 2.05) is 44.2 Å². The van der Waals surface area contributed by atoms with E-state index in [-0.39, 0.29) is 5.92 Å². The van der Waals surface area contributed by atoms with Crippen LogP contribution in [0.4, 0.5) is 0 Å². The van der Waals surface area contributed by atoms with Gasteiger partial charge in [-0.25, -0.2) is 0 Å². The highest BCUT2D eigenvalue weighted by molar-refractivity contribution is 7.33. The second-order valence-corrected chi connectivity index (χ2v) is 5.37. The summed E-state index contributed by atoms with van der Waals surface area (Å²) in [7, 11) is -2.19. The van der Waals surface area contributed by atoms with Crippen LogP contribution in [0.5, 0.6) is 0 Å². The Morgan fingerprint density at radius 1 is 1.37 bits per heavy atom. The van der Waals surface area contributed by atoms with E-state index in [9.17, 15) is 4.57 Å². The van der Waals surface area contributed by atoms with Crippen molar-refractivity contribution < 1.29 is 18.8 Å². The lowest BCUT2D eigenvalue weighted by molar-refractivity contribution is 0.160. The predicted molar refractivity (Wildman–Crippen MR) is 73.6 cm³/mol. The van der Waals surface area contributed by atoms with E-state index in [0.717, 1.165) is 5.56 Å². The van der Waals surface area contributed by atoms with E-state index in [2.05, 4.69) is 5.16 Å². The van der Waals surface area contributed by atoms with Crippen LogP contribution >= 0.6 is 8.25 Å². The Morgan fingerprint density at radius 2 is 2.05 bits per heavy atom. The molecule has 19 heavy (non-hydrogen) atoms. The molecule has 0 saturated carbocycles. The maximum Gasteiger partial charge on any atom is 0.698 e. The average molecular weight is 284 g/mol. The van der Waals surface area contributed by atoms with Gasteiger partial charge in [0.15, 0.2) is 0 Å². The Kier molecular flexibility index (Phi) is 7.26. The SMILES string of the molecule is CC(C)CO[P+](=O)OC(CC=NO)c1ccccc1. The van der Waals surface area contributed by atoms with Crippen LogP contribution in [0.15, 0.2) is 35.5 Å². The number of benzene rings is 1. The number of hydrogen-bond acceptors (Lipinski definition) is 5. The smallest absolute Gasteiger partial charge is 0.411 e. The molecular weight excluding hydrogens is 265 g/mol. The van der Waals surface area contributed by atoms with Gasteiger partial charge in [0.1, 0.15) is 12.7 Å². The Morgan fingerprint density at radius 3 is 2.63 bits per heavy atom. The minimum atomic E-state index is -2.19. The van der Waals surface area contributed by atoms with Crippen molar-refractivity contribution >= 4 is 14.5 Å². The normalized spacial score (nSPS) is 13.9. The summed E-state index contributed by atoms with van der Waals surface area (Å²) in [4.78, 5) is 0. The molecule has 0 bridgehead atoms. The topological polar surface area (TPSA) is 68.1 Å². The lowest BCUT2D eigenvalue weighted by Crippen LogP contribution is -2.03. The van der Waals surface area contributed by atoms with Crippen LogP contribution in [-0.4, -0.2) is 18.0 Å². The van der Waals surface area contributed by atoms with Crippen LogP contribution in [-0.2, 0) is 13.6 Å². The Balaban J connectivity index is 2.62. The van der Waals surface area contributed by atoms with Crippen molar-refractivity contribution in [2.24, 2.45) is 11.1 Å². The molecular formula is C13H19NO4P+. The molecule has 1 N–H and O–H groups in total. The van der Waals surface area contributed by atoms with Gasteiger partial charge in [0.25, 0.3) is 0 Å². The molecule has 0 aliphatic rings. The van der Waals surface area contributed by atoms with E-state index in [1.54, 1.807) is 0 Å². The van der Waals surface area contributed by atoms with Crippen LogP contribution in [0, 0.1) is 5.92 Å². The van der Waals surface area contributed by atoms with Gasteiger partial charge in [-0.1, -0.05) is 44.2 Å². The Labute approximate surface area is 114 Å². The lowest BCUT2D eigenvalue weighted by atomic mass is 10.1. The first kappa shape index (κ1) is 15.8. The first-order valence-electron chi connectivity index (χ1n) is 6.11. The van der Waals surface area contributed by atoms with Crippen molar-refractivity contribution in [1.29, 1.82) is 0 Å². The summed E-state index contributed by atoms with van der Waals surface area (Å²) in [6.07, 6.45) is 1.18. The predicted octanol–water partition coefficient (Wildman–Crippen LogP) is 3.92. The quantitative estimate of drug-likeness (QED) is 0.340. The molecule has 1 rings (SSSR count). The molecule has 0 aliphatic carbocycles. The van der Waals surface area contributed by atoms with Gasteiger partial charge < -0.3 is 5.21 Å². The zero-order chi connectivity index (χ0) is 14.1. The van der Waals surface area contributed by atoms with Crippen molar-refractivity contribution in [2.75, 3.05) is 6.61 Å². The molecule has 5 nitrogen and oxygen atoms in total. The van der Waals surface area contributed by atoms with Gasteiger partial charge in [-0.05, 0) is 11.5 Å². The average Bonchev–Trinajstić information content (AvgIpc) is 2.42. The monoisotopic (exact) mass is 284 g/mol. The first-order valence-corrected chi connectivity index (χ1v) is 7.20. The summed E-state index contributed by atoms with van der Waals surface area (Å²) in [5, 5.41) is 11.4. The summed E-state index contributed by atoms with van der Waals surface area (Å²) in [5.41, 5.74) is 0.860. The van der Waals surface area contributed by atoms with Gasteiger partial charge in [-0.3, -0.25) is 0 Å². The van der Waals surface area contributed by atoms with Gasteiger partial charge in [-0.15, -0.1) is 14.2 Å². The summed E-state index contributed by atoms with van der Waals surface area (Å²) in [6.45, 7) is 4.32. The van der Waals surface area contributed by atoms with Gasteiger partial charge in [0.05, 0.1) is 0 Å². The van der Waals surface area contributed by atoms with Crippen molar-refractivity contribution in [1.82, 2.24) is 0 Å². The molecule has 0 radical (unpaired) electrons. The lowest BCUT2D eigenvalue weighted by Gasteiger charge is -2.08. The molecule has 0 heterocycles. The molecule has 1 aromatic carbocycles. The second-order valence-electron chi connectivity index (χ2n) is 4.45. The summed E-state index contributed by atoms with van der Waals surface area (Å²) < 4.78 is 22.2. The zero-order valence-corrected chi connectivity index (χ0v) is 12.0. The molecule has 2 unspecified atom stereocenters. The molecule has 0 saturated heterocycles. The van der Waals surface area contributed by atoms with Gasteiger partial charge in [-0.2, -0.15) is 0 Å². The fourth-order valence-electron chi connectivity index (χ4n) is 1.39. The van der Waals surface area contributed by atoms with E-state index >= 15 is 0 Å². The number of hydrogen-bond donors (Lipinski definition) is 1.